The maximum atomic E-state index is 13.6. The van der Waals surface area contributed by atoms with Gasteiger partial charge in [-0.15, -0.1) is 0 Å². The second-order valence-corrected chi connectivity index (χ2v) is 9.04. The summed E-state index contributed by atoms with van der Waals surface area (Å²) in [7, 11) is 3.47. The summed E-state index contributed by atoms with van der Waals surface area (Å²) in [5.74, 6) is -0.204. The van der Waals surface area contributed by atoms with Gasteiger partial charge >= 0.3 is 6.03 Å². The summed E-state index contributed by atoms with van der Waals surface area (Å²) < 4.78 is 5.57. The maximum absolute atomic E-state index is 13.6. The third-order valence-electron chi connectivity index (χ3n) is 6.71. The molecule has 9 heteroatoms. The molecule has 3 heterocycles. The first-order chi connectivity index (χ1) is 15.4. The van der Waals surface area contributed by atoms with Crippen LogP contribution >= 0.6 is 0 Å². The van der Waals surface area contributed by atoms with Crippen LogP contribution in [0.3, 0.4) is 0 Å². The lowest BCUT2D eigenvalue weighted by molar-refractivity contribution is -0.137. The molecule has 3 fully saturated rings. The van der Waals surface area contributed by atoms with E-state index in [9.17, 15) is 14.4 Å². The molecule has 0 saturated carbocycles. The van der Waals surface area contributed by atoms with E-state index in [1.807, 2.05) is 30.3 Å². The molecule has 32 heavy (non-hydrogen) atoms. The molecule has 9 nitrogen and oxygen atoms in total. The van der Waals surface area contributed by atoms with E-state index in [-0.39, 0.29) is 30.5 Å². The minimum atomic E-state index is -0.737. The van der Waals surface area contributed by atoms with Crippen LogP contribution in [0.2, 0.25) is 0 Å². The number of likely N-dealkylation sites (tertiary alicyclic amines) is 1. The fourth-order valence-corrected chi connectivity index (χ4v) is 4.94. The summed E-state index contributed by atoms with van der Waals surface area (Å²) in [6.07, 6.45) is 3.12. The number of carbonyl (C=O) groups excluding carboxylic acids is 3. The number of benzene rings is 1. The molecule has 0 aliphatic carbocycles. The van der Waals surface area contributed by atoms with Gasteiger partial charge in [-0.2, -0.15) is 0 Å². The molecule has 1 spiro atoms. The van der Waals surface area contributed by atoms with E-state index < -0.39 is 5.54 Å². The van der Waals surface area contributed by atoms with E-state index in [0.29, 0.717) is 39.1 Å². The monoisotopic (exact) mass is 443 g/mol. The van der Waals surface area contributed by atoms with Crippen molar-refractivity contribution in [3.63, 3.8) is 0 Å². The normalized spacial score (nSPS) is 22.5. The molecule has 1 atom stereocenters. The summed E-state index contributed by atoms with van der Waals surface area (Å²) in [6.45, 7) is 2.62. The first kappa shape index (κ1) is 22.4. The molecule has 0 radical (unpaired) electrons. The second-order valence-electron chi connectivity index (χ2n) is 9.04. The van der Waals surface area contributed by atoms with Crippen molar-refractivity contribution in [2.24, 2.45) is 0 Å². The van der Waals surface area contributed by atoms with Crippen molar-refractivity contribution >= 4 is 23.5 Å². The highest BCUT2D eigenvalue weighted by molar-refractivity contribution is 5.96. The lowest BCUT2D eigenvalue weighted by Gasteiger charge is -2.43. The van der Waals surface area contributed by atoms with Crippen molar-refractivity contribution in [1.29, 1.82) is 0 Å². The van der Waals surface area contributed by atoms with Gasteiger partial charge in [-0.05, 0) is 37.8 Å². The standard InChI is InChI=1S/C23H33N5O4/c1-25(2)22(31)26-12-10-23(11-13-26)21(30)27(17-28(23)18-7-4-3-5-8-18)16-20(29)24-15-19-9-6-14-32-19/h3-5,7-8,19H,6,9-17H2,1-2H3,(H,24,29). The highest BCUT2D eigenvalue weighted by atomic mass is 16.5. The number of piperidine rings is 1. The Morgan fingerprint density at radius 3 is 2.53 bits per heavy atom. The van der Waals surface area contributed by atoms with Crippen molar-refractivity contribution in [2.75, 3.05) is 58.4 Å². The van der Waals surface area contributed by atoms with Gasteiger partial charge in [0.25, 0.3) is 5.91 Å². The third-order valence-corrected chi connectivity index (χ3v) is 6.71. The van der Waals surface area contributed by atoms with Crippen molar-refractivity contribution in [3.8, 4) is 0 Å². The van der Waals surface area contributed by atoms with Crippen LogP contribution in [-0.4, -0.2) is 97.7 Å². The quantitative estimate of drug-likeness (QED) is 0.737. The van der Waals surface area contributed by atoms with Crippen molar-refractivity contribution in [2.45, 2.75) is 37.3 Å². The van der Waals surface area contributed by atoms with Crippen molar-refractivity contribution in [1.82, 2.24) is 20.0 Å². The second kappa shape index (κ2) is 9.36. The van der Waals surface area contributed by atoms with E-state index in [1.54, 1.807) is 28.8 Å². The number of rotatable bonds is 5. The molecule has 3 aliphatic rings. The molecule has 0 bridgehead atoms. The van der Waals surface area contributed by atoms with Gasteiger partial charge in [0, 0.05) is 46.0 Å². The summed E-state index contributed by atoms with van der Waals surface area (Å²) in [5.41, 5.74) is 0.217. The van der Waals surface area contributed by atoms with Crippen LogP contribution in [0, 0.1) is 0 Å². The first-order valence-electron chi connectivity index (χ1n) is 11.4. The van der Waals surface area contributed by atoms with Crippen LogP contribution in [-0.2, 0) is 14.3 Å². The Morgan fingerprint density at radius 1 is 1.19 bits per heavy atom. The summed E-state index contributed by atoms with van der Waals surface area (Å²) in [5, 5.41) is 2.92. The molecule has 174 valence electrons. The molecule has 3 aliphatic heterocycles. The van der Waals surface area contributed by atoms with Crippen LogP contribution < -0.4 is 10.2 Å². The SMILES string of the molecule is CN(C)C(=O)N1CCC2(CC1)C(=O)N(CC(=O)NCC1CCCO1)CN2c1ccccc1. The van der Waals surface area contributed by atoms with Gasteiger partial charge in [0.15, 0.2) is 0 Å². The molecule has 4 amide bonds. The number of ether oxygens (including phenoxy) is 1. The fraction of sp³-hybridized carbons (Fsp3) is 0.609. The Morgan fingerprint density at radius 2 is 1.91 bits per heavy atom. The Bertz CT molecular complexity index is 832. The number of hydrogen-bond donors (Lipinski definition) is 1. The Kier molecular flexibility index (Phi) is 6.55. The largest absolute Gasteiger partial charge is 0.376 e. The number of nitrogens with zero attached hydrogens (tertiary/aromatic N) is 4. The van der Waals surface area contributed by atoms with E-state index in [0.717, 1.165) is 25.1 Å². The van der Waals surface area contributed by atoms with E-state index in [4.69, 9.17) is 4.74 Å². The minimum Gasteiger partial charge on any atom is -0.376 e. The zero-order valence-corrected chi connectivity index (χ0v) is 19.0. The van der Waals surface area contributed by atoms with E-state index in [2.05, 4.69) is 10.2 Å². The summed E-state index contributed by atoms with van der Waals surface area (Å²) in [6, 6.07) is 9.80. The zero-order chi connectivity index (χ0) is 22.7. The van der Waals surface area contributed by atoms with Gasteiger partial charge in [-0.3, -0.25) is 9.59 Å². The Labute approximate surface area is 189 Å². The summed E-state index contributed by atoms with van der Waals surface area (Å²) in [4.78, 5) is 45.7. The molecule has 3 saturated heterocycles. The minimum absolute atomic E-state index is 0.0248. The zero-order valence-electron chi connectivity index (χ0n) is 19.0. The molecule has 1 unspecified atom stereocenters. The number of amides is 4. The molecule has 1 aromatic rings. The van der Waals surface area contributed by atoms with Gasteiger partial charge in [0.2, 0.25) is 5.91 Å². The van der Waals surface area contributed by atoms with Gasteiger partial charge < -0.3 is 29.7 Å². The van der Waals surface area contributed by atoms with E-state index in [1.165, 1.54) is 0 Å². The van der Waals surface area contributed by atoms with E-state index >= 15 is 0 Å². The van der Waals surface area contributed by atoms with Crippen LogP contribution in [0.25, 0.3) is 0 Å². The van der Waals surface area contributed by atoms with Gasteiger partial charge in [0.1, 0.15) is 12.1 Å². The maximum Gasteiger partial charge on any atom is 0.319 e. The molecule has 0 aromatic heterocycles. The third kappa shape index (κ3) is 4.39. The van der Waals surface area contributed by atoms with Gasteiger partial charge in [-0.25, -0.2) is 4.79 Å². The number of urea groups is 1. The summed E-state index contributed by atoms with van der Waals surface area (Å²) >= 11 is 0. The smallest absolute Gasteiger partial charge is 0.319 e. The number of anilines is 1. The van der Waals surface area contributed by atoms with Crippen LogP contribution in [0.4, 0.5) is 10.5 Å². The highest BCUT2D eigenvalue weighted by Crippen LogP contribution is 2.39. The fourth-order valence-electron chi connectivity index (χ4n) is 4.94. The number of carbonyl (C=O) groups is 3. The predicted octanol–water partition coefficient (Wildman–Crippen LogP) is 1.10. The first-order valence-corrected chi connectivity index (χ1v) is 11.4. The van der Waals surface area contributed by atoms with Crippen LogP contribution in [0.5, 0.6) is 0 Å². The highest BCUT2D eigenvalue weighted by Gasteiger charge is 2.54. The topological polar surface area (TPSA) is 85.4 Å². The van der Waals surface area contributed by atoms with Crippen LogP contribution in [0.15, 0.2) is 30.3 Å². The molecular formula is C23H33N5O4. The van der Waals surface area contributed by atoms with Crippen molar-refractivity contribution < 1.29 is 19.1 Å². The number of nitrogens with one attached hydrogen (secondary N) is 1. The average Bonchev–Trinajstić information content (AvgIpc) is 3.41. The number of para-hydroxylation sites is 1. The van der Waals surface area contributed by atoms with Gasteiger partial charge in [0.05, 0.1) is 12.8 Å². The predicted molar refractivity (Wildman–Crippen MR) is 120 cm³/mol. The van der Waals surface area contributed by atoms with Crippen molar-refractivity contribution in [3.05, 3.63) is 30.3 Å². The van der Waals surface area contributed by atoms with Gasteiger partial charge in [-0.1, -0.05) is 18.2 Å². The molecule has 1 N–H and O–H groups in total. The number of hydrogen-bond acceptors (Lipinski definition) is 5. The van der Waals surface area contributed by atoms with Crippen LogP contribution in [0.1, 0.15) is 25.7 Å². The molecule has 1 aromatic carbocycles. The molecular weight excluding hydrogens is 410 g/mol. The lowest BCUT2D eigenvalue weighted by Crippen LogP contribution is -2.58. The Hall–Kier alpha value is -2.81. The molecule has 4 rings (SSSR count). The Balaban J connectivity index is 1.47. The average molecular weight is 444 g/mol. The lowest BCUT2D eigenvalue weighted by atomic mass is 9.85.